The summed E-state index contributed by atoms with van der Waals surface area (Å²) in [6, 6.07) is 7.58. The minimum absolute atomic E-state index is 0.0506. The summed E-state index contributed by atoms with van der Waals surface area (Å²) in [5, 5.41) is 8.78. The van der Waals surface area contributed by atoms with E-state index in [2.05, 4.69) is 50.6 Å². The van der Waals surface area contributed by atoms with Crippen molar-refractivity contribution >= 4 is 29.1 Å². The quantitative estimate of drug-likeness (QED) is 0.576. The topological polar surface area (TPSA) is 99.7 Å². The zero-order valence-corrected chi connectivity index (χ0v) is 20.6. The highest BCUT2D eigenvalue weighted by Crippen LogP contribution is 2.31. The number of hydrogen-bond acceptors (Lipinski definition) is 4. The summed E-state index contributed by atoms with van der Waals surface area (Å²) in [7, 11) is 0. The summed E-state index contributed by atoms with van der Waals surface area (Å²) in [4.78, 5) is 43.8. The molecule has 3 N–H and O–H groups in total. The van der Waals surface area contributed by atoms with Crippen LogP contribution in [0.25, 0.3) is 0 Å². The third kappa shape index (κ3) is 6.42. The van der Waals surface area contributed by atoms with Crippen molar-refractivity contribution in [3.63, 3.8) is 0 Å². The maximum atomic E-state index is 13.5. The lowest BCUT2D eigenvalue weighted by Crippen LogP contribution is -2.60. The lowest BCUT2D eigenvalue weighted by atomic mass is 9.87. The molecule has 1 heterocycles. The zero-order chi connectivity index (χ0) is 24.2. The van der Waals surface area contributed by atoms with E-state index in [1.807, 2.05) is 24.3 Å². The van der Waals surface area contributed by atoms with Crippen LogP contribution in [0.5, 0.6) is 0 Å². The molecule has 2 aliphatic rings. The largest absolute Gasteiger partial charge is 0.342 e. The van der Waals surface area contributed by atoms with Gasteiger partial charge in [0, 0.05) is 23.4 Å². The van der Waals surface area contributed by atoms with Crippen LogP contribution >= 0.6 is 0 Å². The SMILES string of the molecule is CC(C)CCC(=O)NC1(C(=O)NC2N=C(CC(C)(C)C)c3ccccc3NC2=O)CCCC1. The number of benzodiazepines with no additional fused rings is 1. The highest BCUT2D eigenvalue weighted by atomic mass is 16.2. The molecule has 3 rings (SSSR count). The number of anilines is 1. The number of para-hydroxylation sites is 1. The molecule has 0 radical (unpaired) electrons. The third-order valence-corrected chi connectivity index (χ3v) is 6.21. The van der Waals surface area contributed by atoms with Gasteiger partial charge in [-0.1, -0.05) is 65.7 Å². The lowest BCUT2D eigenvalue weighted by Gasteiger charge is -2.30. The van der Waals surface area contributed by atoms with Gasteiger partial charge in [-0.2, -0.15) is 0 Å². The predicted molar refractivity (Wildman–Crippen MR) is 131 cm³/mol. The number of fused-ring (bicyclic) bond motifs is 1. The van der Waals surface area contributed by atoms with Gasteiger partial charge in [0.1, 0.15) is 5.54 Å². The molecule has 7 nitrogen and oxygen atoms in total. The fraction of sp³-hybridized carbons (Fsp3) is 0.615. The van der Waals surface area contributed by atoms with Crippen molar-refractivity contribution < 1.29 is 14.4 Å². The molecule has 1 saturated carbocycles. The van der Waals surface area contributed by atoms with Crippen LogP contribution in [0.4, 0.5) is 5.69 Å². The summed E-state index contributed by atoms with van der Waals surface area (Å²) in [5.41, 5.74) is 1.32. The molecule has 33 heavy (non-hydrogen) atoms. The van der Waals surface area contributed by atoms with Crippen LogP contribution in [0.15, 0.2) is 29.3 Å². The van der Waals surface area contributed by atoms with E-state index in [4.69, 9.17) is 4.99 Å². The number of nitrogens with zero attached hydrogens (tertiary/aromatic N) is 1. The molecule has 3 amide bonds. The molecule has 0 saturated heterocycles. The van der Waals surface area contributed by atoms with Gasteiger partial charge >= 0.3 is 0 Å². The number of rotatable bonds is 7. The molecule has 1 aliphatic heterocycles. The van der Waals surface area contributed by atoms with Gasteiger partial charge in [0.15, 0.2) is 0 Å². The Labute approximate surface area is 197 Å². The van der Waals surface area contributed by atoms with Crippen molar-refractivity contribution in [3.8, 4) is 0 Å². The van der Waals surface area contributed by atoms with Gasteiger partial charge in [0.2, 0.25) is 18.0 Å². The molecule has 1 aromatic carbocycles. The second-order valence-electron chi connectivity index (χ2n) is 11.0. The summed E-state index contributed by atoms with van der Waals surface area (Å²) in [6.45, 7) is 10.5. The highest BCUT2D eigenvalue weighted by molar-refractivity contribution is 6.12. The van der Waals surface area contributed by atoms with Crippen molar-refractivity contribution in [2.75, 3.05) is 5.32 Å². The number of amides is 3. The smallest absolute Gasteiger partial charge is 0.269 e. The van der Waals surface area contributed by atoms with Crippen molar-refractivity contribution in [1.82, 2.24) is 10.6 Å². The first-order chi connectivity index (χ1) is 15.5. The summed E-state index contributed by atoms with van der Waals surface area (Å²) < 4.78 is 0. The second-order valence-corrected chi connectivity index (χ2v) is 11.0. The Bertz CT molecular complexity index is 924. The molecular weight excluding hydrogens is 416 g/mol. The molecule has 0 aromatic heterocycles. The summed E-state index contributed by atoms with van der Waals surface area (Å²) in [6.07, 6.45) is 3.62. The van der Waals surface area contributed by atoms with E-state index in [1.54, 1.807) is 0 Å². The van der Waals surface area contributed by atoms with Gasteiger partial charge < -0.3 is 16.0 Å². The number of aliphatic imine (C=N–C) groups is 1. The van der Waals surface area contributed by atoms with Crippen LogP contribution in [-0.2, 0) is 14.4 Å². The Balaban J connectivity index is 1.83. The molecule has 7 heteroatoms. The average molecular weight is 455 g/mol. The molecule has 180 valence electrons. The van der Waals surface area contributed by atoms with E-state index in [0.29, 0.717) is 37.3 Å². The fourth-order valence-corrected chi connectivity index (χ4v) is 4.47. The Kier molecular flexibility index (Phi) is 7.60. The molecular formula is C26H38N4O3. The van der Waals surface area contributed by atoms with E-state index in [0.717, 1.165) is 30.5 Å². The minimum atomic E-state index is -1.05. The predicted octanol–water partition coefficient (Wildman–Crippen LogP) is 4.17. The first-order valence-electron chi connectivity index (χ1n) is 12.1. The van der Waals surface area contributed by atoms with Crippen molar-refractivity contribution in [2.24, 2.45) is 16.3 Å². The zero-order valence-electron chi connectivity index (χ0n) is 20.6. The van der Waals surface area contributed by atoms with E-state index < -0.39 is 11.7 Å². The van der Waals surface area contributed by atoms with Crippen LogP contribution in [0, 0.1) is 11.3 Å². The van der Waals surface area contributed by atoms with Gasteiger partial charge in [0.25, 0.3) is 5.91 Å². The monoisotopic (exact) mass is 454 g/mol. The van der Waals surface area contributed by atoms with Crippen LogP contribution in [0.3, 0.4) is 0 Å². The van der Waals surface area contributed by atoms with E-state index in [-0.39, 0.29) is 23.1 Å². The van der Waals surface area contributed by atoms with Crippen LogP contribution < -0.4 is 16.0 Å². The number of hydrogen-bond donors (Lipinski definition) is 3. The van der Waals surface area contributed by atoms with E-state index >= 15 is 0 Å². The Hall–Kier alpha value is -2.70. The Morgan fingerprint density at radius 1 is 1.18 bits per heavy atom. The van der Waals surface area contributed by atoms with Gasteiger partial charge in [-0.3, -0.25) is 19.4 Å². The fourth-order valence-electron chi connectivity index (χ4n) is 4.47. The second kappa shape index (κ2) is 10.1. The molecule has 0 spiro atoms. The molecule has 1 aliphatic carbocycles. The molecule has 1 aromatic rings. The number of carbonyl (C=O) groups excluding carboxylic acids is 3. The Morgan fingerprint density at radius 3 is 2.48 bits per heavy atom. The van der Waals surface area contributed by atoms with Crippen molar-refractivity contribution in [1.29, 1.82) is 0 Å². The standard InChI is InChI=1S/C26H38N4O3/c1-17(2)12-13-21(31)30-26(14-8-9-15-26)24(33)29-22-23(32)28-19-11-7-6-10-18(19)20(27-22)16-25(3,4)5/h6-7,10-11,17,22H,8-9,12-16H2,1-5H3,(H,28,32)(H,29,33)(H,30,31). The maximum Gasteiger partial charge on any atom is 0.269 e. The lowest BCUT2D eigenvalue weighted by molar-refractivity contribution is -0.135. The average Bonchev–Trinajstić information content (AvgIpc) is 3.15. The molecule has 1 unspecified atom stereocenters. The highest BCUT2D eigenvalue weighted by Gasteiger charge is 2.44. The van der Waals surface area contributed by atoms with Crippen LogP contribution in [-0.4, -0.2) is 35.1 Å². The summed E-state index contributed by atoms with van der Waals surface area (Å²) >= 11 is 0. The molecule has 1 atom stereocenters. The first kappa shape index (κ1) is 24.9. The first-order valence-corrected chi connectivity index (χ1v) is 12.1. The van der Waals surface area contributed by atoms with E-state index in [9.17, 15) is 14.4 Å². The minimum Gasteiger partial charge on any atom is -0.342 e. The van der Waals surface area contributed by atoms with Gasteiger partial charge in [0.05, 0.1) is 0 Å². The van der Waals surface area contributed by atoms with Crippen molar-refractivity contribution in [2.45, 2.75) is 91.3 Å². The number of nitrogens with one attached hydrogen (secondary N) is 3. The Morgan fingerprint density at radius 2 is 1.85 bits per heavy atom. The van der Waals surface area contributed by atoms with Crippen LogP contribution in [0.2, 0.25) is 0 Å². The number of benzene rings is 1. The molecule has 1 fully saturated rings. The van der Waals surface area contributed by atoms with Gasteiger partial charge in [-0.05, 0) is 43.1 Å². The van der Waals surface area contributed by atoms with Gasteiger partial charge in [-0.15, -0.1) is 0 Å². The molecule has 0 bridgehead atoms. The van der Waals surface area contributed by atoms with E-state index in [1.165, 1.54) is 0 Å². The third-order valence-electron chi connectivity index (χ3n) is 6.21. The van der Waals surface area contributed by atoms with Gasteiger partial charge in [-0.25, -0.2) is 0 Å². The number of carbonyl (C=O) groups is 3. The van der Waals surface area contributed by atoms with Crippen LogP contribution in [0.1, 0.15) is 85.1 Å². The summed E-state index contributed by atoms with van der Waals surface area (Å²) in [5.74, 6) is -0.409. The normalized spacial score (nSPS) is 19.9. The van der Waals surface area contributed by atoms with Crippen molar-refractivity contribution in [3.05, 3.63) is 29.8 Å². The maximum absolute atomic E-state index is 13.5.